The van der Waals surface area contributed by atoms with Crippen LogP contribution in [0, 0.1) is 0 Å². The van der Waals surface area contributed by atoms with Crippen molar-refractivity contribution in [2.75, 3.05) is 6.61 Å². The normalized spacial score (nSPS) is 23.7. The van der Waals surface area contributed by atoms with Gasteiger partial charge in [0.05, 0.1) is 6.61 Å². The molecule has 0 bridgehead atoms. The molecule has 0 aromatic heterocycles. The molecule has 1 aliphatic rings. The van der Waals surface area contributed by atoms with E-state index in [9.17, 15) is 4.79 Å². The van der Waals surface area contributed by atoms with Crippen molar-refractivity contribution in [3.05, 3.63) is 12.2 Å². The number of carbonyl (C=O) groups is 1. The third-order valence-electron chi connectivity index (χ3n) is 3.28. The fourth-order valence-corrected chi connectivity index (χ4v) is 2.81. The molecule has 0 saturated carbocycles. The molecule has 1 saturated heterocycles. The van der Waals surface area contributed by atoms with Crippen molar-refractivity contribution in [1.82, 2.24) is 5.06 Å². The Labute approximate surface area is 111 Å². The van der Waals surface area contributed by atoms with Gasteiger partial charge in [-0.05, 0) is 34.1 Å². The van der Waals surface area contributed by atoms with Gasteiger partial charge in [-0.15, -0.1) is 0 Å². The van der Waals surface area contributed by atoms with E-state index in [4.69, 9.17) is 4.84 Å². The maximum Gasteiger partial charge on any atom is 0.136 e. The summed E-state index contributed by atoms with van der Waals surface area (Å²) in [6.45, 7) is 11.0. The van der Waals surface area contributed by atoms with Crippen molar-refractivity contribution in [2.24, 2.45) is 0 Å². The van der Waals surface area contributed by atoms with Crippen LogP contribution in [0.3, 0.4) is 0 Å². The van der Waals surface area contributed by atoms with Crippen molar-refractivity contribution < 1.29 is 9.63 Å². The smallest absolute Gasteiger partial charge is 0.136 e. The van der Waals surface area contributed by atoms with E-state index in [-0.39, 0.29) is 11.1 Å². The lowest BCUT2D eigenvalue weighted by Gasteiger charge is -2.50. The first-order valence-electron chi connectivity index (χ1n) is 6.89. The molecule has 0 N–H and O–H groups in total. The average Bonchev–Trinajstić information content (AvgIpc) is 2.18. The van der Waals surface area contributed by atoms with Gasteiger partial charge in [0.1, 0.15) is 5.78 Å². The van der Waals surface area contributed by atoms with Gasteiger partial charge in [0.2, 0.25) is 0 Å². The molecular weight excluding hydrogens is 226 g/mol. The molecule has 3 nitrogen and oxygen atoms in total. The van der Waals surface area contributed by atoms with Crippen molar-refractivity contribution in [1.29, 1.82) is 0 Å². The second-order valence-corrected chi connectivity index (χ2v) is 6.37. The maximum absolute atomic E-state index is 11.8. The van der Waals surface area contributed by atoms with Crippen LogP contribution in [-0.2, 0) is 9.63 Å². The molecule has 3 heteroatoms. The lowest BCUT2D eigenvalue weighted by Crippen LogP contribution is -2.60. The SMILES string of the molecule is CCC/C=C/CON1C(C)(C)CC(=O)CC1(C)C. The van der Waals surface area contributed by atoms with Gasteiger partial charge in [-0.3, -0.25) is 9.63 Å². The zero-order valence-corrected chi connectivity index (χ0v) is 12.5. The van der Waals surface area contributed by atoms with E-state index < -0.39 is 0 Å². The molecule has 18 heavy (non-hydrogen) atoms. The number of hydrogen-bond acceptors (Lipinski definition) is 3. The minimum absolute atomic E-state index is 0.225. The molecule has 0 radical (unpaired) electrons. The van der Waals surface area contributed by atoms with Crippen LogP contribution in [0.15, 0.2) is 12.2 Å². The highest BCUT2D eigenvalue weighted by Gasteiger charge is 2.45. The molecule has 0 aromatic rings. The molecule has 0 unspecified atom stereocenters. The maximum atomic E-state index is 11.8. The van der Waals surface area contributed by atoms with Gasteiger partial charge in [0.15, 0.2) is 0 Å². The Morgan fingerprint density at radius 2 is 1.72 bits per heavy atom. The van der Waals surface area contributed by atoms with E-state index in [1.807, 2.05) is 5.06 Å². The molecule has 0 spiro atoms. The number of carbonyl (C=O) groups excluding carboxylic acids is 1. The first-order valence-corrected chi connectivity index (χ1v) is 6.89. The van der Waals surface area contributed by atoms with E-state index in [2.05, 4.69) is 46.8 Å². The number of rotatable bonds is 5. The van der Waals surface area contributed by atoms with Crippen LogP contribution in [0.5, 0.6) is 0 Å². The summed E-state index contributed by atoms with van der Waals surface area (Å²) in [5.41, 5.74) is -0.450. The Bertz CT molecular complexity index is 298. The van der Waals surface area contributed by atoms with Crippen LogP contribution in [0.25, 0.3) is 0 Å². The zero-order valence-electron chi connectivity index (χ0n) is 12.5. The Kier molecular flexibility index (Phi) is 5.11. The van der Waals surface area contributed by atoms with Crippen LogP contribution in [0.4, 0.5) is 0 Å². The monoisotopic (exact) mass is 253 g/mol. The summed E-state index contributed by atoms with van der Waals surface area (Å²) in [6.07, 6.45) is 7.59. The molecule has 0 atom stereocenters. The average molecular weight is 253 g/mol. The summed E-state index contributed by atoms with van der Waals surface area (Å²) in [5, 5.41) is 2.01. The van der Waals surface area contributed by atoms with Crippen LogP contribution in [0.2, 0.25) is 0 Å². The number of allylic oxidation sites excluding steroid dienone is 1. The third kappa shape index (κ3) is 3.92. The summed E-state index contributed by atoms with van der Waals surface area (Å²) < 4.78 is 0. The molecule has 104 valence electrons. The number of piperidine rings is 1. The van der Waals surface area contributed by atoms with Crippen molar-refractivity contribution in [3.63, 3.8) is 0 Å². The molecule has 1 rings (SSSR count). The molecule has 0 amide bonds. The molecule has 1 aliphatic heterocycles. The summed E-state index contributed by atoms with van der Waals surface area (Å²) in [4.78, 5) is 17.7. The van der Waals surface area contributed by atoms with Crippen LogP contribution in [-0.4, -0.2) is 28.5 Å². The van der Waals surface area contributed by atoms with E-state index in [0.29, 0.717) is 25.2 Å². The van der Waals surface area contributed by atoms with Crippen molar-refractivity contribution >= 4 is 5.78 Å². The Morgan fingerprint density at radius 1 is 1.17 bits per heavy atom. The predicted molar refractivity (Wildman–Crippen MR) is 74.2 cm³/mol. The fourth-order valence-electron chi connectivity index (χ4n) is 2.81. The van der Waals surface area contributed by atoms with Crippen LogP contribution in [0.1, 0.15) is 60.3 Å². The minimum atomic E-state index is -0.225. The number of ketones is 1. The number of hydrogen-bond donors (Lipinski definition) is 0. The molecule has 1 heterocycles. The lowest BCUT2D eigenvalue weighted by molar-refractivity contribution is -0.268. The van der Waals surface area contributed by atoms with E-state index in [1.165, 1.54) is 0 Å². The molecule has 0 aliphatic carbocycles. The van der Waals surface area contributed by atoms with Gasteiger partial charge < -0.3 is 0 Å². The van der Waals surface area contributed by atoms with Crippen molar-refractivity contribution in [2.45, 2.75) is 71.4 Å². The Morgan fingerprint density at radius 3 is 2.22 bits per heavy atom. The standard InChI is InChI=1S/C15H27NO2/c1-6-7-8-9-10-18-16-14(2,3)11-13(17)12-15(16,4)5/h8-9H,6-7,10-12H2,1-5H3/b9-8+. The Hall–Kier alpha value is -0.670. The summed E-state index contributed by atoms with van der Waals surface area (Å²) in [7, 11) is 0. The summed E-state index contributed by atoms with van der Waals surface area (Å²) >= 11 is 0. The first-order chi connectivity index (χ1) is 8.29. The highest BCUT2D eigenvalue weighted by molar-refractivity contribution is 5.81. The second kappa shape index (κ2) is 5.98. The van der Waals surface area contributed by atoms with E-state index >= 15 is 0 Å². The Balaban J connectivity index is 2.62. The van der Waals surface area contributed by atoms with Crippen LogP contribution >= 0.6 is 0 Å². The molecular formula is C15H27NO2. The third-order valence-corrected chi connectivity index (χ3v) is 3.28. The largest absolute Gasteiger partial charge is 0.300 e. The molecule has 1 fully saturated rings. The number of unbranched alkanes of at least 4 members (excludes halogenated alkanes) is 1. The number of nitrogens with zero attached hydrogens (tertiary/aromatic N) is 1. The number of Topliss-reactive ketones (excluding diaryl/α,β-unsaturated/α-hetero) is 1. The zero-order chi connectivity index (χ0) is 13.8. The fraction of sp³-hybridized carbons (Fsp3) is 0.800. The first kappa shape index (κ1) is 15.4. The lowest BCUT2D eigenvalue weighted by atomic mass is 9.81. The van der Waals surface area contributed by atoms with Gasteiger partial charge in [-0.25, -0.2) is 0 Å². The van der Waals surface area contributed by atoms with Gasteiger partial charge in [0, 0.05) is 23.9 Å². The topological polar surface area (TPSA) is 29.5 Å². The van der Waals surface area contributed by atoms with E-state index in [1.54, 1.807) is 0 Å². The minimum Gasteiger partial charge on any atom is -0.300 e. The second-order valence-electron chi connectivity index (χ2n) is 6.37. The van der Waals surface area contributed by atoms with Gasteiger partial charge in [-0.2, -0.15) is 5.06 Å². The van der Waals surface area contributed by atoms with Gasteiger partial charge >= 0.3 is 0 Å². The summed E-state index contributed by atoms with van der Waals surface area (Å²) in [6, 6.07) is 0. The van der Waals surface area contributed by atoms with Crippen molar-refractivity contribution in [3.8, 4) is 0 Å². The van der Waals surface area contributed by atoms with Gasteiger partial charge in [0.25, 0.3) is 0 Å². The predicted octanol–water partition coefficient (Wildman–Crippen LogP) is 3.50. The number of hydroxylamine groups is 2. The quantitative estimate of drug-likeness (QED) is 0.702. The highest BCUT2D eigenvalue weighted by Crippen LogP contribution is 2.36. The van der Waals surface area contributed by atoms with Gasteiger partial charge in [-0.1, -0.05) is 25.5 Å². The van der Waals surface area contributed by atoms with E-state index in [0.717, 1.165) is 12.8 Å². The molecule has 0 aromatic carbocycles. The van der Waals surface area contributed by atoms with Crippen LogP contribution < -0.4 is 0 Å². The summed E-state index contributed by atoms with van der Waals surface area (Å²) in [5.74, 6) is 0.325. The highest BCUT2D eigenvalue weighted by atomic mass is 16.7.